The number of hydrogen-bond acceptors (Lipinski definition) is 4. The lowest BCUT2D eigenvalue weighted by Gasteiger charge is -2.36. The monoisotopic (exact) mass is 332 g/mol. The van der Waals surface area contributed by atoms with Gasteiger partial charge in [-0.05, 0) is 12.8 Å². The van der Waals surface area contributed by atoms with Crippen molar-refractivity contribution in [1.29, 1.82) is 0 Å². The van der Waals surface area contributed by atoms with Crippen molar-refractivity contribution >= 4 is 34.6 Å². The molecule has 0 spiro atoms. The van der Waals surface area contributed by atoms with Gasteiger partial charge in [0, 0.05) is 24.7 Å². The van der Waals surface area contributed by atoms with Crippen molar-refractivity contribution in [3.63, 3.8) is 0 Å². The topological polar surface area (TPSA) is 66.6 Å². The van der Waals surface area contributed by atoms with E-state index in [0.717, 1.165) is 25.7 Å². The molecule has 1 aliphatic carbocycles. The molecule has 1 fully saturated rings. The molecule has 21 heavy (non-hydrogen) atoms. The lowest BCUT2D eigenvalue weighted by Crippen LogP contribution is -2.39. The standard InChI is InChI=1S/C14H18Cl2N2O3/c15-12-8-11(18(20)21)9-13(16)14(12)17(6-7-19)10-4-2-1-3-5-10/h8-10,19H,1-7H2. The fourth-order valence-corrected chi connectivity index (χ4v) is 3.60. The minimum absolute atomic E-state index is 0.0137. The van der Waals surface area contributed by atoms with Gasteiger partial charge in [0.15, 0.2) is 0 Å². The Morgan fingerprint density at radius 1 is 1.24 bits per heavy atom. The molecule has 0 atom stereocenters. The highest BCUT2D eigenvalue weighted by molar-refractivity contribution is 6.39. The predicted molar refractivity (Wildman–Crippen MR) is 84.4 cm³/mol. The first kappa shape index (κ1) is 16.3. The van der Waals surface area contributed by atoms with Crippen molar-refractivity contribution in [2.75, 3.05) is 18.1 Å². The highest BCUT2D eigenvalue weighted by atomic mass is 35.5. The first-order valence-electron chi connectivity index (χ1n) is 7.05. The van der Waals surface area contributed by atoms with Crippen molar-refractivity contribution in [1.82, 2.24) is 0 Å². The second-order valence-electron chi connectivity index (χ2n) is 5.22. The molecule has 0 bridgehead atoms. The van der Waals surface area contributed by atoms with E-state index in [2.05, 4.69) is 0 Å². The van der Waals surface area contributed by atoms with E-state index in [1.165, 1.54) is 18.6 Å². The number of nitro benzene ring substituents is 1. The molecule has 0 heterocycles. The molecule has 1 aromatic carbocycles. The summed E-state index contributed by atoms with van der Waals surface area (Å²) in [4.78, 5) is 12.3. The number of halogens is 2. The molecule has 7 heteroatoms. The minimum Gasteiger partial charge on any atom is -0.395 e. The zero-order valence-corrected chi connectivity index (χ0v) is 13.1. The van der Waals surface area contributed by atoms with Gasteiger partial charge in [-0.1, -0.05) is 42.5 Å². The average Bonchev–Trinajstić information content (AvgIpc) is 2.46. The third kappa shape index (κ3) is 3.78. The number of non-ortho nitro benzene ring substituents is 1. The van der Waals surface area contributed by atoms with E-state index in [1.54, 1.807) is 0 Å². The van der Waals surface area contributed by atoms with Crippen molar-refractivity contribution in [2.45, 2.75) is 38.1 Å². The maximum absolute atomic E-state index is 10.8. The van der Waals surface area contributed by atoms with Crippen LogP contribution in [0.2, 0.25) is 10.0 Å². The molecule has 0 aromatic heterocycles. The molecule has 0 saturated heterocycles. The third-order valence-corrected chi connectivity index (χ3v) is 4.43. The van der Waals surface area contributed by atoms with Crippen LogP contribution in [0.5, 0.6) is 0 Å². The summed E-state index contributed by atoms with van der Waals surface area (Å²) in [5.74, 6) is 0. The van der Waals surface area contributed by atoms with Crippen LogP contribution in [-0.4, -0.2) is 29.2 Å². The van der Waals surface area contributed by atoms with Gasteiger partial charge in [-0.25, -0.2) is 0 Å². The number of anilines is 1. The molecule has 1 aliphatic rings. The number of benzene rings is 1. The summed E-state index contributed by atoms with van der Waals surface area (Å²) >= 11 is 12.4. The summed E-state index contributed by atoms with van der Waals surface area (Å²) in [6.07, 6.45) is 5.52. The van der Waals surface area contributed by atoms with Gasteiger partial charge < -0.3 is 10.0 Å². The summed E-state index contributed by atoms with van der Waals surface area (Å²) in [6, 6.07) is 2.90. The molecule has 2 rings (SSSR count). The number of hydrogen-bond donors (Lipinski definition) is 1. The second kappa shape index (κ2) is 7.29. The Bertz CT molecular complexity index is 496. The van der Waals surface area contributed by atoms with E-state index in [9.17, 15) is 15.2 Å². The van der Waals surface area contributed by atoms with Crippen LogP contribution in [-0.2, 0) is 0 Å². The number of aliphatic hydroxyl groups excluding tert-OH is 1. The maximum atomic E-state index is 10.8. The third-order valence-electron chi connectivity index (χ3n) is 3.86. The highest BCUT2D eigenvalue weighted by Crippen LogP contribution is 2.40. The molecule has 0 aliphatic heterocycles. The van der Waals surface area contributed by atoms with E-state index in [1.807, 2.05) is 4.90 Å². The summed E-state index contributed by atoms with van der Waals surface area (Å²) in [6.45, 7) is 0.405. The van der Waals surface area contributed by atoms with Gasteiger partial charge in [-0.2, -0.15) is 0 Å². The number of nitro groups is 1. The SMILES string of the molecule is O=[N+]([O-])c1cc(Cl)c(N(CCO)C2CCCCC2)c(Cl)c1. The van der Waals surface area contributed by atoms with Crippen LogP contribution in [0.3, 0.4) is 0 Å². The smallest absolute Gasteiger partial charge is 0.272 e. The zero-order chi connectivity index (χ0) is 15.4. The van der Waals surface area contributed by atoms with E-state index < -0.39 is 4.92 Å². The van der Waals surface area contributed by atoms with E-state index in [-0.39, 0.29) is 28.4 Å². The Morgan fingerprint density at radius 2 is 1.81 bits per heavy atom. The first-order chi connectivity index (χ1) is 10.0. The van der Waals surface area contributed by atoms with Crippen molar-refractivity contribution in [3.05, 3.63) is 32.3 Å². The van der Waals surface area contributed by atoms with Crippen LogP contribution < -0.4 is 4.90 Å². The van der Waals surface area contributed by atoms with Gasteiger partial charge >= 0.3 is 0 Å². The van der Waals surface area contributed by atoms with Gasteiger partial charge in [0.05, 0.1) is 27.3 Å². The lowest BCUT2D eigenvalue weighted by molar-refractivity contribution is -0.384. The molecule has 116 valence electrons. The molecule has 1 saturated carbocycles. The fourth-order valence-electron chi connectivity index (χ4n) is 2.91. The molecule has 0 radical (unpaired) electrons. The highest BCUT2D eigenvalue weighted by Gasteiger charge is 2.26. The van der Waals surface area contributed by atoms with Crippen molar-refractivity contribution < 1.29 is 10.0 Å². The quantitative estimate of drug-likeness (QED) is 0.652. The normalized spacial score (nSPS) is 16.0. The summed E-state index contributed by atoms with van der Waals surface area (Å²) < 4.78 is 0. The van der Waals surface area contributed by atoms with Crippen LogP contribution in [0, 0.1) is 10.1 Å². The van der Waals surface area contributed by atoms with E-state index in [4.69, 9.17) is 23.2 Å². The maximum Gasteiger partial charge on any atom is 0.272 e. The summed E-state index contributed by atoms with van der Waals surface area (Å²) in [5.41, 5.74) is 0.464. The Hall–Kier alpha value is -1.04. The number of aliphatic hydroxyl groups is 1. The molecule has 1 N–H and O–H groups in total. The summed E-state index contributed by atoms with van der Waals surface area (Å²) in [7, 11) is 0. The molecule has 0 unspecified atom stereocenters. The van der Waals surface area contributed by atoms with Crippen LogP contribution in [0.15, 0.2) is 12.1 Å². The molecule has 0 amide bonds. The predicted octanol–water partition coefficient (Wildman–Crippen LogP) is 4.03. The van der Waals surface area contributed by atoms with Gasteiger partial charge in [0.2, 0.25) is 0 Å². The second-order valence-corrected chi connectivity index (χ2v) is 6.04. The van der Waals surface area contributed by atoms with Crippen LogP contribution >= 0.6 is 23.2 Å². The van der Waals surface area contributed by atoms with Gasteiger partial charge in [0.25, 0.3) is 5.69 Å². The van der Waals surface area contributed by atoms with Gasteiger partial charge in [0.1, 0.15) is 0 Å². The first-order valence-corrected chi connectivity index (χ1v) is 7.81. The van der Waals surface area contributed by atoms with Crippen LogP contribution in [0.4, 0.5) is 11.4 Å². The Kier molecular flexibility index (Phi) is 5.67. The summed E-state index contributed by atoms with van der Waals surface area (Å²) in [5, 5.41) is 20.7. The minimum atomic E-state index is -0.515. The molecular formula is C14H18Cl2N2O3. The van der Waals surface area contributed by atoms with Crippen molar-refractivity contribution in [3.8, 4) is 0 Å². The van der Waals surface area contributed by atoms with Gasteiger partial charge in [-0.15, -0.1) is 0 Å². The largest absolute Gasteiger partial charge is 0.395 e. The Balaban J connectivity index is 2.37. The van der Waals surface area contributed by atoms with E-state index in [0.29, 0.717) is 12.2 Å². The van der Waals surface area contributed by atoms with Crippen molar-refractivity contribution in [2.24, 2.45) is 0 Å². The van der Waals surface area contributed by atoms with Crippen LogP contribution in [0.25, 0.3) is 0 Å². The molecule has 1 aromatic rings. The van der Waals surface area contributed by atoms with Gasteiger partial charge in [-0.3, -0.25) is 10.1 Å². The lowest BCUT2D eigenvalue weighted by atomic mass is 9.93. The van der Waals surface area contributed by atoms with Crippen LogP contribution in [0.1, 0.15) is 32.1 Å². The number of nitrogens with zero attached hydrogens (tertiary/aromatic N) is 2. The zero-order valence-electron chi connectivity index (χ0n) is 11.6. The Morgan fingerprint density at radius 3 is 2.29 bits per heavy atom. The van der Waals surface area contributed by atoms with E-state index >= 15 is 0 Å². The Labute approximate surface area is 133 Å². The number of rotatable bonds is 5. The molecule has 5 nitrogen and oxygen atoms in total. The average molecular weight is 333 g/mol. The molecular weight excluding hydrogens is 315 g/mol. The fraction of sp³-hybridized carbons (Fsp3) is 0.571.